The van der Waals surface area contributed by atoms with E-state index in [1.165, 1.54) is 83.1 Å². The fourth-order valence-electron chi connectivity index (χ4n) is 9.52. The molecule has 0 amide bonds. The number of para-hydroxylation sites is 1. The van der Waals surface area contributed by atoms with Gasteiger partial charge in [-0.3, -0.25) is 0 Å². The summed E-state index contributed by atoms with van der Waals surface area (Å²) in [6, 6.07) is 79.5. The Balaban J connectivity index is 0.997. The molecule has 10 aromatic rings. The zero-order valence-corrected chi connectivity index (χ0v) is 33.2. The normalized spacial score (nSPS) is 12.7. The summed E-state index contributed by atoms with van der Waals surface area (Å²) < 4.78 is 2.50. The highest BCUT2D eigenvalue weighted by molar-refractivity contribution is 6.01. The van der Waals surface area contributed by atoms with Gasteiger partial charge < -0.3 is 9.47 Å². The van der Waals surface area contributed by atoms with Gasteiger partial charge in [0.1, 0.15) is 0 Å². The van der Waals surface area contributed by atoms with E-state index in [4.69, 9.17) is 0 Å². The summed E-state index contributed by atoms with van der Waals surface area (Å²) in [7, 11) is 0. The molecular weight excluding hydrogens is 713 g/mol. The summed E-state index contributed by atoms with van der Waals surface area (Å²) in [5.74, 6) is 0. The molecule has 0 radical (unpaired) electrons. The van der Waals surface area contributed by atoms with Gasteiger partial charge in [-0.05, 0) is 116 Å². The van der Waals surface area contributed by atoms with Gasteiger partial charge in [0.2, 0.25) is 0 Å². The number of hydrogen-bond acceptors (Lipinski definition) is 1. The fraction of sp³-hybridized carbons (Fsp3) is 0.0526. The molecule has 1 aliphatic carbocycles. The maximum absolute atomic E-state index is 2.50. The van der Waals surface area contributed by atoms with Gasteiger partial charge in [-0.1, -0.05) is 172 Å². The van der Waals surface area contributed by atoms with Crippen LogP contribution in [0.3, 0.4) is 0 Å². The number of rotatable bonds is 7. The number of anilines is 3. The predicted octanol–water partition coefficient (Wildman–Crippen LogP) is 15.6. The van der Waals surface area contributed by atoms with Crippen LogP contribution in [-0.4, -0.2) is 4.57 Å². The van der Waals surface area contributed by atoms with Gasteiger partial charge in [-0.2, -0.15) is 0 Å². The minimum absolute atomic E-state index is 0.160. The van der Waals surface area contributed by atoms with Crippen LogP contribution in [0.2, 0.25) is 0 Å². The molecule has 2 nitrogen and oxygen atoms in total. The van der Waals surface area contributed by atoms with Gasteiger partial charge in [0, 0.05) is 39.1 Å². The van der Waals surface area contributed by atoms with Crippen molar-refractivity contribution in [3.8, 4) is 50.3 Å². The summed E-state index contributed by atoms with van der Waals surface area (Å²) in [4.78, 5) is 2.33. The molecule has 11 rings (SSSR count). The average molecular weight is 755 g/mol. The first-order valence-corrected chi connectivity index (χ1v) is 20.5. The molecule has 280 valence electrons. The molecule has 1 heterocycles. The van der Waals surface area contributed by atoms with Crippen LogP contribution >= 0.6 is 0 Å². The van der Waals surface area contributed by atoms with Gasteiger partial charge in [0.05, 0.1) is 11.2 Å². The number of nitrogens with zero attached hydrogens (tertiary/aromatic N) is 2. The SMILES string of the molecule is CC1(C)c2ccccc2-c2c1c1cc(-c3ccc(N(c4ccccc4)c4ccc(-c5ccccc5)cc4)cc3)ccc1n2-c1ccc(-c2cccc3ccccc23)cc1. The zero-order chi connectivity index (χ0) is 39.5. The second kappa shape index (κ2) is 13.9. The number of hydrogen-bond donors (Lipinski definition) is 0. The highest BCUT2D eigenvalue weighted by Gasteiger charge is 2.40. The van der Waals surface area contributed by atoms with Crippen LogP contribution in [0.4, 0.5) is 17.1 Å². The zero-order valence-electron chi connectivity index (χ0n) is 33.2. The van der Waals surface area contributed by atoms with Gasteiger partial charge in [0.15, 0.2) is 0 Å². The lowest BCUT2D eigenvalue weighted by molar-refractivity contribution is 0.666. The van der Waals surface area contributed by atoms with Crippen molar-refractivity contribution in [3.05, 3.63) is 230 Å². The Kier molecular flexibility index (Phi) is 8.20. The van der Waals surface area contributed by atoms with Crippen LogP contribution in [0.15, 0.2) is 218 Å². The summed E-state index contributed by atoms with van der Waals surface area (Å²) in [5, 5.41) is 3.83. The van der Waals surface area contributed by atoms with Gasteiger partial charge in [0.25, 0.3) is 0 Å². The minimum atomic E-state index is -0.160. The lowest BCUT2D eigenvalue weighted by atomic mass is 9.81. The van der Waals surface area contributed by atoms with Crippen molar-refractivity contribution in [2.45, 2.75) is 19.3 Å². The third kappa shape index (κ3) is 5.79. The Labute approximate surface area is 345 Å². The second-order valence-electron chi connectivity index (χ2n) is 16.2. The van der Waals surface area contributed by atoms with Gasteiger partial charge in [-0.25, -0.2) is 0 Å². The standard InChI is InChI=1S/C57H42N2/c1-57(2)53-23-12-11-21-51(53)56-55(57)52-38-44(30-37-54(52)59(56)48-35-28-43(29-36-48)50-22-13-17-42-16-9-10-20-49(42)50)41-26-33-47(34-27-41)58(45-18-7-4-8-19-45)46-31-24-40(25-32-46)39-14-5-3-6-15-39/h3-38H,1-2H3. The smallest absolute Gasteiger partial charge is 0.0584 e. The highest BCUT2D eigenvalue weighted by atomic mass is 15.1. The van der Waals surface area contributed by atoms with Crippen molar-refractivity contribution in [2.24, 2.45) is 0 Å². The molecule has 0 fully saturated rings. The van der Waals surface area contributed by atoms with E-state index in [1.54, 1.807) is 0 Å². The first-order valence-electron chi connectivity index (χ1n) is 20.5. The maximum atomic E-state index is 2.50. The number of fused-ring (bicyclic) bond motifs is 6. The van der Waals surface area contributed by atoms with E-state index in [0.29, 0.717) is 0 Å². The molecule has 0 spiro atoms. The molecular formula is C57H42N2. The lowest BCUT2D eigenvalue weighted by Crippen LogP contribution is -2.14. The minimum Gasteiger partial charge on any atom is -0.311 e. The molecule has 0 bridgehead atoms. The molecule has 1 aromatic heterocycles. The molecule has 0 saturated carbocycles. The maximum Gasteiger partial charge on any atom is 0.0584 e. The van der Waals surface area contributed by atoms with Crippen molar-refractivity contribution >= 4 is 38.7 Å². The molecule has 9 aromatic carbocycles. The molecule has 2 heteroatoms. The van der Waals surface area contributed by atoms with Crippen LogP contribution in [-0.2, 0) is 5.41 Å². The Morgan fingerprint density at radius 2 is 0.915 bits per heavy atom. The van der Waals surface area contributed by atoms with E-state index in [9.17, 15) is 0 Å². The van der Waals surface area contributed by atoms with Crippen molar-refractivity contribution in [2.75, 3.05) is 4.90 Å². The number of benzene rings is 9. The summed E-state index contributed by atoms with van der Waals surface area (Å²) in [6.07, 6.45) is 0. The van der Waals surface area contributed by atoms with Crippen molar-refractivity contribution in [3.63, 3.8) is 0 Å². The molecule has 1 aliphatic rings. The van der Waals surface area contributed by atoms with E-state index in [-0.39, 0.29) is 5.41 Å². The van der Waals surface area contributed by atoms with Crippen molar-refractivity contribution < 1.29 is 0 Å². The first-order chi connectivity index (χ1) is 29.0. The Bertz CT molecular complexity index is 3130. The third-order valence-corrected chi connectivity index (χ3v) is 12.4. The largest absolute Gasteiger partial charge is 0.311 e. The molecule has 59 heavy (non-hydrogen) atoms. The van der Waals surface area contributed by atoms with Gasteiger partial charge >= 0.3 is 0 Å². The lowest BCUT2D eigenvalue weighted by Gasteiger charge is -2.26. The monoisotopic (exact) mass is 754 g/mol. The number of aromatic nitrogens is 1. The van der Waals surface area contributed by atoms with Crippen molar-refractivity contribution in [1.29, 1.82) is 0 Å². The Hall–Kier alpha value is -7.42. The molecule has 0 unspecified atom stereocenters. The quantitative estimate of drug-likeness (QED) is 0.157. The van der Waals surface area contributed by atoms with Crippen LogP contribution < -0.4 is 4.90 Å². The van der Waals surface area contributed by atoms with Crippen LogP contribution in [0.5, 0.6) is 0 Å². The summed E-state index contributed by atoms with van der Waals surface area (Å²) in [5.41, 5.74) is 18.3. The predicted molar refractivity (Wildman–Crippen MR) is 249 cm³/mol. The Morgan fingerprint density at radius 1 is 0.390 bits per heavy atom. The van der Waals surface area contributed by atoms with Gasteiger partial charge in [-0.15, -0.1) is 0 Å². The molecule has 0 N–H and O–H groups in total. The van der Waals surface area contributed by atoms with Crippen molar-refractivity contribution in [1.82, 2.24) is 4.57 Å². The topological polar surface area (TPSA) is 8.17 Å². The average Bonchev–Trinajstić information content (AvgIpc) is 3.77. The first kappa shape index (κ1) is 34.8. The third-order valence-electron chi connectivity index (χ3n) is 12.4. The summed E-state index contributed by atoms with van der Waals surface area (Å²) >= 11 is 0. The highest BCUT2D eigenvalue weighted by Crippen LogP contribution is 2.54. The second-order valence-corrected chi connectivity index (χ2v) is 16.2. The van der Waals surface area contributed by atoms with E-state index < -0.39 is 0 Å². The van der Waals surface area contributed by atoms with E-state index >= 15 is 0 Å². The fourth-order valence-corrected chi connectivity index (χ4v) is 9.52. The molecule has 0 aliphatic heterocycles. The van der Waals surface area contributed by atoms with Crippen LogP contribution in [0.1, 0.15) is 25.0 Å². The van der Waals surface area contributed by atoms with E-state index in [2.05, 4.69) is 242 Å². The van der Waals surface area contributed by atoms with E-state index in [0.717, 1.165) is 17.1 Å². The molecule has 0 atom stereocenters. The van der Waals surface area contributed by atoms with Crippen LogP contribution in [0.25, 0.3) is 72.0 Å². The molecule has 0 saturated heterocycles. The summed E-state index contributed by atoms with van der Waals surface area (Å²) in [6.45, 7) is 4.77. The van der Waals surface area contributed by atoms with E-state index in [1.807, 2.05) is 0 Å². The Morgan fingerprint density at radius 3 is 1.64 bits per heavy atom. The van der Waals surface area contributed by atoms with Crippen LogP contribution in [0, 0.1) is 0 Å².